The van der Waals surface area contributed by atoms with Crippen molar-refractivity contribution in [1.29, 1.82) is 0 Å². The van der Waals surface area contributed by atoms with E-state index in [9.17, 15) is 4.79 Å². The number of carbonyl (C=O) groups is 1. The van der Waals surface area contributed by atoms with Crippen LogP contribution in [0.5, 0.6) is 0 Å². The summed E-state index contributed by atoms with van der Waals surface area (Å²) >= 11 is 3.21. The summed E-state index contributed by atoms with van der Waals surface area (Å²) in [4.78, 5) is 11.8. The van der Waals surface area contributed by atoms with E-state index < -0.39 is 0 Å². The highest BCUT2D eigenvalue weighted by Gasteiger charge is 2.20. The van der Waals surface area contributed by atoms with Gasteiger partial charge in [0, 0.05) is 11.8 Å². The standard InChI is InChI=1S/C12H21N3O2S2/c1-5-17-11(16)10(13-8(2)3)6-7-18-12-15-14-9(4)19-12/h8,10,13H,5-7H2,1-4H3. The molecule has 0 spiro atoms. The van der Waals surface area contributed by atoms with Crippen LogP contribution in [0.1, 0.15) is 32.2 Å². The summed E-state index contributed by atoms with van der Waals surface area (Å²) in [5.74, 6) is 0.642. The highest BCUT2D eigenvalue weighted by molar-refractivity contribution is 8.01. The molecule has 108 valence electrons. The van der Waals surface area contributed by atoms with Crippen molar-refractivity contribution in [2.45, 2.75) is 50.5 Å². The zero-order valence-electron chi connectivity index (χ0n) is 11.8. The monoisotopic (exact) mass is 303 g/mol. The fourth-order valence-corrected chi connectivity index (χ4v) is 3.41. The van der Waals surface area contributed by atoms with Crippen LogP contribution in [0.3, 0.4) is 0 Å². The van der Waals surface area contributed by atoms with Crippen LogP contribution >= 0.6 is 23.1 Å². The van der Waals surface area contributed by atoms with Crippen LogP contribution in [-0.2, 0) is 9.53 Å². The normalized spacial score (nSPS) is 12.7. The fraction of sp³-hybridized carbons (Fsp3) is 0.750. The quantitative estimate of drug-likeness (QED) is 0.587. The maximum Gasteiger partial charge on any atom is 0.323 e. The molecule has 7 heteroatoms. The first-order chi connectivity index (χ1) is 9.02. The second-order valence-electron chi connectivity index (χ2n) is 4.35. The number of nitrogens with zero attached hydrogens (tertiary/aromatic N) is 2. The van der Waals surface area contributed by atoms with Gasteiger partial charge in [0.25, 0.3) is 0 Å². The second kappa shape index (κ2) is 8.50. The molecule has 0 saturated heterocycles. The maximum absolute atomic E-state index is 11.8. The van der Waals surface area contributed by atoms with Crippen molar-refractivity contribution in [3.05, 3.63) is 5.01 Å². The number of thioether (sulfide) groups is 1. The number of carbonyl (C=O) groups excluding carboxylic acids is 1. The largest absolute Gasteiger partial charge is 0.465 e. The van der Waals surface area contributed by atoms with Crippen LogP contribution in [0.25, 0.3) is 0 Å². The molecule has 0 aliphatic heterocycles. The maximum atomic E-state index is 11.8. The Balaban J connectivity index is 2.41. The number of hydrogen-bond acceptors (Lipinski definition) is 7. The van der Waals surface area contributed by atoms with Crippen LogP contribution in [-0.4, -0.2) is 40.6 Å². The van der Waals surface area contributed by atoms with E-state index in [0.29, 0.717) is 6.61 Å². The zero-order valence-corrected chi connectivity index (χ0v) is 13.4. The molecular formula is C12H21N3O2S2. The van der Waals surface area contributed by atoms with Crippen molar-refractivity contribution in [2.24, 2.45) is 0 Å². The van der Waals surface area contributed by atoms with Gasteiger partial charge < -0.3 is 10.1 Å². The minimum absolute atomic E-state index is 0.176. The summed E-state index contributed by atoms with van der Waals surface area (Å²) in [6, 6.07) is 0.00430. The van der Waals surface area contributed by atoms with Gasteiger partial charge in [0.15, 0.2) is 4.34 Å². The van der Waals surface area contributed by atoms with E-state index in [4.69, 9.17) is 4.74 Å². The molecule has 1 aromatic heterocycles. The Hall–Kier alpha value is -0.660. The summed E-state index contributed by atoms with van der Waals surface area (Å²) in [5.41, 5.74) is 0. The molecular weight excluding hydrogens is 282 g/mol. The van der Waals surface area contributed by atoms with Gasteiger partial charge in [-0.3, -0.25) is 4.79 Å². The van der Waals surface area contributed by atoms with Gasteiger partial charge in [-0.05, 0) is 20.3 Å². The number of hydrogen-bond donors (Lipinski definition) is 1. The van der Waals surface area contributed by atoms with Crippen LogP contribution in [0.15, 0.2) is 4.34 Å². The van der Waals surface area contributed by atoms with E-state index in [2.05, 4.69) is 15.5 Å². The summed E-state index contributed by atoms with van der Waals surface area (Å²) in [6.45, 7) is 8.21. The lowest BCUT2D eigenvalue weighted by molar-refractivity contribution is -0.145. The third kappa shape index (κ3) is 6.35. The molecule has 1 N–H and O–H groups in total. The Morgan fingerprint density at radius 3 is 2.74 bits per heavy atom. The second-order valence-corrected chi connectivity index (χ2v) is 6.87. The third-order valence-corrected chi connectivity index (χ3v) is 4.25. The number of rotatable bonds is 8. The predicted octanol–water partition coefficient (Wildman–Crippen LogP) is 2.26. The minimum Gasteiger partial charge on any atom is -0.465 e. The van der Waals surface area contributed by atoms with Gasteiger partial charge in [0.1, 0.15) is 11.0 Å². The van der Waals surface area contributed by atoms with Crippen molar-refractivity contribution < 1.29 is 9.53 Å². The smallest absolute Gasteiger partial charge is 0.323 e. The lowest BCUT2D eigenvalue weighted by Crippen LogP contribution is -2.42. The number of aryl methyl sites for hydroxylation is 1. The van der Waals surface area contributed by atoms with E-state index in [1.165, 1.54) is 0 Å². The lowest BCUT2D eigenvalue weighted by atomic mass is 10.2. The van der Waals surface area contributed by atoms with Crippen LogP contribution in [0.2, 0.25) is 0 Å². The molecule has 5 nitrogen and oxygen atoms in total. The molecule has 1 aromatic rings. The van der Waals surface area contributed by atoms with E-state index >= 15 is 0 Å². The highest BCUT2D eigenvalue weighted by Crippen LogP contribution is 2.22. The van der Waals surface area contributed by atoms with E-state index in [0.717, 1.165) is 21.5 Å². The Bertz CT molecular complexity index is 396. The number of esters is 1. The predicted molar refractivity (Wildman–Crippen MR) is 78.7 cm³/mol. The van der Waals surface area contributed by atoms with E-state index in [1.54, 1.807) is 23.1 Å². The van der Waals surface area contributed by atoms with Gasteiger partial charge >= 0.3 is 5.97 Å². The first-order valence-electron chi connectivity index (χ1n) is 6.38. The van der Waals surface area contributed by atoms with Crippen molar-refractivity contribution >= 4 is 29.1 Å². The van der Waals surface area contributed by atoms with Crippen LogP contribution < -0.4 is 5.32 Å². The zero-order chi connectivity index (χ0) is 14.3. The van der Waals surface area contributed by atoms with Crippen molar-refractivity contribution in [3.63, 3.8) is 0 Å². The Labute approximate surface area is 122 Å². The Morgan fingerprint density at radius 1 is 1.47 bits per heavy atom. The average Bonchev–Trinajstić information content (AvgIpc) is 2.73. The van der Waals surface area contributed by atoms with Gasteiger partial charge in [0.05, 0.1) is 6.61 Å². The summed E-state index contributed by atoms with van der Waals surface area (Å²) in [6.07, 6.45) is 0.723. The SMILES string of the molecule is CCOC(=O)C(CCSc1nnc(C)s1)NC(C)C. The summed E-state index contributed by atoms with van der Waals surface area (Å²) in [7, 11) is 0. The van der Waals surface area contributed by atoms with E-state index in [1.807, 2.05) is 27.7 Å². The molecule has 0 aromatic carbocycles. The van der Waals surface area contributed by atoms with Gasteiger partial charge in [-0.25, -0.2) is 0 Å². The molecule has 0 amide bonds. The van der Waals surface area contributed by atoms with Crippen LogP contribution in [0, 0.1) is 6.92 Å². The van der Waals surface area contributed by atoms with Gasteiger partial charge in [-0.2, -0.15) is 0 Å². The van der Waals surface area contributed by atoms with Crippen molar-refractivity contribution in [2.75, 3.05) is 12.4 Å². The number of aromatic nitrogens is 2. The number of ether oxygens (including phenoxy) is 1. The first kappa shape index (κ1) is 16.4. The molecule has 1 atom stereocenters. The molecule has 0 aliphatic carbocycles. The summed E-state index contributed by atoms with van der Waals surface area (Å²) < 4.78 is 6.02. The fourth-order valence-electron chi connectivity index (χ4n) is 1.52. The molecule has 0 aliphatic rings. The molecule has 0 saturated carbocycles. The van der Waals surface area contributed by atoms with Crippen LogP contribution in [0.4, 0.5) is 0 Å². The molecule has 1 unspecified atom stereocenters. The topological polar surface area (TPSA) is 64.1 Å². The van der Waals surface area contributed by atoms with Gasteiger partial charge in [-0.15, -0.1) is 10.2 Å². The first-order valence-corrected chi connectivity index (χ1v) is 8.18. The van der Waals surface area contributed by atoms with Crippen molar-refractivity contribution in [3.8, 4) is 0 Å². The molecule has 19 heavy (non-hydrogen) atoms. The summed E-state index contributed by atoms with van der Waals surface area (Å²) in [5, 5.41) is 12.2. The number of nitrogens with one attached hydrogen (secondary N) is 1. The molecule has 0 fully saturated rings. The molecule has 0 bridgehead atoms. The molecule has 0 radical (unpaired) electrons. The minimum atomic E-state index is -0.249. The molecule has 1 heterocycles. The van der Waals surface area contributed by atoms with Gasteiger partial charge in [-0.1, -0.05) is 36.9 Å². The average molecular weight is 303 g/mol. The third-order valence-electron chi connectivity index (χ3n) is 2.25. The lowest BCUT2D eigenvalue weighted by Gasteiger charge is -2.19. The Morgan fingerprint density at radius 2 is 2.21 bits per heavy atom. The van der Waals surface area contributed by atoms with E-state index in [-0.39, 0.29) is 18.1 Å². The van der Waals surface area contributed by atoms with Crippen molar-refractivity contribution in [1.82, 2.24) is 15.5 Å². The highest BCUT2D eigenvalue weighted by atomic mass is 32.2. The Kier molecular flexibility index (Phi) is 7.33. The molecule has 1 rings (SSSR count). The van der Waals surface area contributed by atoms with Gasteiger partial charge in [0.2, 0.25) is 0 Å².